The molecule has 0 aliphatic carbocycles. The number of hydrogen-bond acceptors (Lipinski definition) is 7. The number of aromatic amines is 1. The number of aromatic nitrogens is 2. The second-order valence-corrected chi connectivity index (χ2v) is 8.62. The quantitative estimate of drug-likeness (QED) is 0.415. The SMILES string of the molecule is CC[C@H](OC(=O)CN1CCN(C)CC1)c1csc(C(=O)c2c[nH]c3cc(F)ccc23)n1.S. The van der Waals surface area contributed by atoms with Crippen LogP contribution in [0.1, 0.15) is 40.5 Å². The monoisotopic (exact) mass is 478 g/mol. The number of thiazole rings is 1. The fourth-order valence-corrected chi connectivity index (χ4v) is 4.49. The maximum atomic E-state index is 13.4. The Morgan fingerprint density at radius 3 is 2.75 bits per heavy atom. The normalized spacial score (nSPS) is 16.0. The van der Waals surface area contributed by atoms with Crippen molar-refractivity contribution >= 4 is 47.5 Å². The first-order valence-corrected chi connectivity index (χ1v) is 11.2. The molecule has 32 heavy (non-hydrogen) atoms. The number of carbonyl (C=O) groups excluding carboxylic acids is 2. The predicted molar refractivity (Wildman–Crippen MR) is 127 cm³/mol. The molecule has 0 bridgehead atoms. The van der Waals surface area contributed by atoms with E-state index in [9.17, 15) is 14.0 Å². The molecule has 2 aromatic heterocycles. The first-order chi connectivity index (χ1) is 14.9. The summed E-state index contributed by atoms with van der Waals surface area (Å²) in [6.45, 7) is 5.72. The van der Waals surface area contributed by atoms with Crippen LogP contribution >= 0.6 is 24.8 Å². The lowest BCUT2D eigenvalue weighted by molar-refractivity contribution is -0.151. The number of halogens is 1. The van der Waals surface area contributed by atoms with Crippen molar-refractivity contribution in [3.63, 3.8) is 0 Å². The fraction of sp³-hybridized carbons (Fsp3) is 0.409. The predicted octanol–water partition coefficient (Wildman–Crippen LogP) is 3.35. The van der Waals surface area contributed by atoms with Crippen molar-refractivity contribution in [1.82, 2.24) is 19.8 Å². The summed E-state index contributed by atoms with van der Waals surface area (Å²) in [6, 6.07) is 4.26. The van der Waals surface area contributed by atoms with Crippen molar-refractivity contribution in [2.45, 2.75) is 19.4 Å². The Morgan fingerprint density at radius 2 is 2.03 bits per heavy atom. The fourth-order valence-electron chi connectivity index (χ4n) is 3.68. The van der Waals surface area contributed by atoms with Gasteiger partial charge >= 0.3 is 5.97 Å². The van der Waals surface area contributed by atoms with E-state index in [2.05, 4.69) is 26.8 Å². The lowest BCUT2D eigenvalue weighted by Crippen LogP contribution is -2.46. The minimum Gasteiger partial charge on any atom is -0.455 e. The van der Waals surface area contributed by atoms with Crippen molar-refractivity contribution in [1.29, 1.82) is 0 Å². The smallest absolute Gasteiger partial charge is 0.320 e. The number of piperazine rings is 1. The van der Waals surface area contributed by atoms with Gasteiger partial charge in [-0.15, -0.1) is 11.3 Å². The number of ether oxygens (including phenoxy) is 1. The second-order valence-electron chi connectivity index (χ2n) is 7.77. The Balaban J connectivity index is 0.00000289. The summed E-state index contributed by atoms with van der Waals surface area (Å²) in [6.07, 6.45) is 1.65. The van der Waals surface area contributed by atoms with Crippen molar-refractivity contribution < 1.29 is 18.7 Å². The van der Waals surface area contributed by atoms with Crippen LogP contribution in [-0.2, 0) is 9.53 Å². The molecule has 4 rings (SSSR count). The van der Waals surface area contributed by atoms with Gasteiger partial charge in [0, 0.05) is 48.7 Å². The maximum Gasteiger partial charge on any atom is 0.320 e. The van der Waals surface area contributed by atoms with Gasteiger partial charge in [-0.3, -0.25) is 14.5 Å². The van der Waals surface area contributed by atoms with E-state index >= 15 is 0 Å². The molecule has 1 aliphatic rings. The molecule has 1 fully saturated rings. The van der Waals surface area contributed by atoms with Gasteiger partial charge in [0.25, 0.3) is 0 Å². The Morgan fingerprint density at radius 1 is 1.28 bits per heavy atom. The second kappa shape index (κ2) is 10.6. The topological polar surface area (TPSA) is 78.5 Å². The van der Waals surface area contributed by atoms with Crippen LogP contribution in [-0.4, -0.2) is 71.3 Å². The number of likely N-dealkylation sites (N-methyl/N-ethyl adjacent to an activating group) is 1. The molecule has 172 valence electrons. The number of nitrogens with zero attached hydrogens (tertiary/aromatic N) is 3. The molecule has 0 saturated carbocycles. The zero-order valence-electron chi connectivity index (χ0n) is 18.1. The van der Waals surface area contributed by atoms with Crippen LogP contribution in [0.25, 0.3) is 10.9 Å². The number of rotatable bonds is 7. The first kappa shape index (κ1) is 24.4. The molecular weight excluding hydrogens is 451 g/mol. The van der Waals surface area contributed by atoms with Crippen LogP contribution in [0.2, 0.25) is 0 Å². The molecular formula is C22H27FN4O3S2. The van der Waals surface area contributed by atoms with Gasteiger partial charge in [-0.05, 0) is 31.7 Å². The van der Waals surface area contributed by atoms with Gasteiger partial charge < -0.3 is 14.6 Å². The van der Waals surface area contributed by atoms with Crippen LogP contribution in [0.5, 0.6) is 0 Å². The third kappa shape index (κ3) is 5.37. The number of H-pyrrole nitrogens is 1. The van der Waals surface area contributed by atoms with Crippen LogP contribution in [0.15, 0.2) is 29.8 Å². The van der Waals surface area contributed by atoms with Crippen molar-refractivity contribution in [3.05, 3.63) is 51.9 Å². The highest BCUT2D eigenvalue weighted by atomic mass is 32.1. The van der Waals surface area contributed by atoms with Gasteiger partial charge in [0.2, 0.25) is 5.78 Å². The number of ketones is 1. The van der Waals surface area contributed by atoms with Gasteiger partial charge in [0.15, 0.2) is 5.01 Å². The Hall–Kier alpha value is -2.27. The molecule has 0 radical (unpaired) electrons. The Kier molecular flexibility index (Phi) is 8.05. The number of fused-ring (bicyclic) bond motifs is 1. The average Bonchev–Trinajstić information content (AvgIpc) is 3.40. The van der Waals surface area contributed by atoms with E-state index in [1.54, 1.807) is 17.6 Å². The molecule has 1 atom stereocenters. The summed E-state index contributed by atoms with van der Waals surface area (Å²) < 4.78 is 19.1. The van der Waals surface area contributed by atoms with E-state index in [-0.39, 0.29) is 37.6 Å². The molecule has 7 nitrogen and oxygen atoms in total. The third-order valence-electron chi connectivity index (χ3n) is 5.53. The van der Waals surface area contributed by atoms with Crippen molar-refractivity contribution in [2.24, 2.45) is 0 Å². The van der Waals surface area contributed by atoms with E-state index in [0.717, 1.165) is 26.2 Å². The maximum absolute atomic E-state index is 13.4. The number of benzene rings is 1. The van der Waals surface area contributed by atoms with Gasteiger partial charge in [-0.25, -0.2) is 9.37 Å². The minimum absolute atomic E-state index is 0. The molecule has 10 heteroatoms. The lowest BCUT2D eigenvalue weighted by atomic mass is 10.1. The summed E-state index contributed by atoms with van der Waals surface area (Å²) in [5, 5.41) is 2.72. The average molecular weight is 479 g/mol. The first-order valence-electron chi connectivity index (χ1n) is 10.3. The van der Waals surface area contributed by atoms with Gasteiger partial charge in [-0.1, -0.05) is 6.92 Å². The van der Waals surface area contributed by atoms with Crippen LogP contribution in [0, 0.1) is 5.82 Å². The number of carbonyl (C=O) groups is 2. The number of nitrogens with one attached hydrogen (secondary N) is 1. The van der Waals surface area contributed by atoms with Gasteiger partial charge in [0.1, 0.15) is 11.9 Å². The molecule has 1 aromatic carbocycles. The molecule has 0 unspecified atom stereocenters. The van der Waals surface area contributed by atoms with E-state index in [1.807, 2.05) is 6.92 Å². The summed E-state index contributed by atoms with van der Waals surface area (Å²) in [4.78, 5) is 37.1. The molecule has 1 saturated heterocycles. The molecule has 0 amide bonds. The summed E-state index contributed by atoms with van der Waals surface area (Å²) in [5.41, 5.74) is 1.58. The zero-order chi connectivity index (χ0) is 22.0. The largest absolute Gasteiger partial charge is 0.455 e. The summed E-state index contributed by atoms with van der Waals surface area (Å²) in [7, 11) is 2.07. The molecule has 3 heterocycles. The van der Waals surface area contributed by atoms with Crippen LogP contribution in [0.4, 0.5) is 4.39 Å². The Labute approximate surface area is 197 Å². The summed E-state index contributed by atoms with van der Waals surface area (Å²) in [5.74, 6) is -0.891. The highest BCUT2D eigenvalue weighted by molar-refractivity contribution is 7.59. The van der Waals surface area contributed by atoms with Crippen molar-refractivity contribution in [2.75, 3.05) is 39.8 Å². The lowest BCUT2D eigenvalue weighted by Gasteiger charge is -2.31. The van der Waals surface area contributed by atoms with E-state index in [0.29, 0.717) is 33.6 Å². The molecule has 0 spiro atoms. The zero-order valence-corrected chi connectivity index (χ0v) is 19.9. The van der Waals surface area contributed by atoms with Crippen LogP contribution in [0.3, 0.4) is 0 Å². The number of esters is 1. The van der Waals surface area contributed by atoms with Gasteiger partial charge in [-0.2, -0.15) is 13.5 Å². The summed E-state index contributed by atoms with van der Waals surface area (Å²) >= 11 is 1.22. The standard InChI is InChI=1S/C22H25FN4O3S.H2S/c1-3-19(30-20(28)12-27-8-6-26(2)7-9-27)18-13-31-22(25-18)21(29)16-11-24-17-10-14(23)4-5-15(16)17;/h4-5,10-11,13,19,24H,3,6-9,12H2,1-2H3;1H2/t19-;/m0./s1. The van der Waals surface area contributed by atoms with E-state index in [4.69, 9.17) is 4.74 Å². The Bertz CT molecular complexity index is 1090. The van der Waals surface area contributed by atoms with Crippen molar-refractivity contribution in [3.8, 4) is 0 Å². The van der Waals surface area contributed by atoms with E-state index < -0.39 is 6.10 Å². The molecule has 3 aromatic rings. The van der Waals surface area contributed by atoms with Gasteiger partial charge in [0.05, 0.1) is 17.8 Å². The highest BCUT2D eigenvalue weighted by Crippen LogP contribution is 2.27. The highest BCUT2D eigenvalue weighted by Gasteiger charge is 2.24. The molecule has 1 N–H and O–H groups in total. The van der Waals surface area contributed by atoms with Crippen LogP contribution < -0.4 is 0 Å². The minimum atomic E-state index is -0.491. The number of hydrogen-bond donors (Lipinski definition) is 1. The third-order valence-corrected chi connectivity index (χ3v) is 6.39. The molecule has 1 aliphatic heterocycles. The van der Waals surface area contributed by atoms with E-state index in [1.165, 1.54) is 23.5 Å².